The van der Waals surface area contributed by atoms with Crippen LogP contribution in [-0.4, -0.2) is 61.5 Å². The average molecular weight is 847 g/mol. The van der Waals surface area contributed by atoms with Gasteiger partial charge in [0.05, 0.1) is 0 Å². The number of carbonyl (C=O) groups is 2. The Balaban J connectivity index is 1.11. The lowest BCUT2D eigenvalue weighted by molar-refractivity contribution is -0.151. The lowest BCUT2D eigenvalue weighted by Gasteiger charge is -2.58. The van der Waals surface area contributed by atoms with Crippen molar-refractivity contribution in [3.63, 3.8) is 0 Å². The summed E-state index contributed by atoms with van der Waals surface area (Å²) in [4.78, 5) is 30.8. The van der Waals surface area contributed by atoms with Crippen molar-refractivity contribution >= 4 is 11.9 Å². The smallest absolute Gasteiger partial charge is 0.306 e. The van der Waals surface area contributed by atoms with E-state index in [1.807, 2.05) is 0 Å². The number of carbonyl (C=O) groups excluding carboxylic acids is 2. The molecule has 0 heterocycles. The predicted molar refractivity (Wildman–Crippen MR) is 261 cm³/mol. The van der Waals surface area contributed by atoms with Gasteiger partial charge in [0.2, 0.25) is 5.91 Å². The number of hydrogen-bond donors (Lipinski definition) is 0. The lowest BCUT2D eigenvalue weighted by Crippen LogP contribution is -2.51. The van der Waals surface area contributed by atoms with E-state index < -0.39 is 0 Å². The molecule has 0 aromatic heterocycles. The highest BCUT2D eigenvalue weighted by atomic mass is 16.5. The van der Waals surface area contributed by atoms with Crippen LogP contribution in [0.25, 0.3) is 0 Å². The number of fused-ring (bicyclic) bond motifs is 5. The number of nitrogens with zero attached hydrogens (tertiary/aromatic N) is 2. The van der Waals surface area contributed by atoms with E-state index in [9.17, 15) is 9.59 Å². The molecule has 1 amide bonds. The molecule has 350 valence electrons. The van der Waals surface area contributed by atoms with Crippen LogP contribution in [0.5, 0.6) is 0 Å². The number of hydrogen-bond acceptors (Lipinski definition) is 4. The van der Waals surface area contributed by atoms with E-state index in [4.69, 9.17) is 4.74 Å². The van der Waals surface area contributed by atoms with Crippen LogP contribution < -0.4 is 0 Å². The first-order valence-corrected chi connectivity index (χ1v) is 26.5. The highest BCUT2D eigenvalue weighted by Crippen LogP contribution is 2.67. The molecule has 0 N–H and O–H groups in total. The van der Waals surface area contributed by atoms with Gasteiger partial charge in [-0.2, -0.15) is 0 Å². The van der Waals surface area contributed by atoms with Gasteiger partial charge in [0.1, 0.15) is 6.10 Å². The van der Waals surface area contributed by atoms with Crippen LogP contribution in [-0.2, 0) is 14.3 Å². The van der Waals surface area contributed by atoms with Crippen molar-refractivity contribution in [2.75, 3.05) is 33.7 Å². The van der Waals surface area contributed by atoms with E-state index in [1.54, 1.807) is 5.57 Å². The Hall–Kier alpha value is -1.88. The van der Waals surface area contributed by atoms with Gasteiger partial charge in [-0.15, -0.1) is 0 Å². The third-order valence-electron chi connectivity index (χ3n) is 16.6. The summed E-state index contributed by atoms with van der Waals surface area (Å²) in [7, 11) is 4.21. The summed E-state index contributed by atoms with van der Waals surface area (Å²) < 4.78 is 6.20. The number of rotatable bonds is 30. The summed E-state index contributed by atoms with van der Waals surface area (Å²) >= 11 is 0. The summed E-state index contributed by atoms with van der Waals surface area (Å²) in [6, 6.07) is 0. The second-order valence-electron chi connectivity index (χ2n) is 22.0. The third kappa shape index (κ3) is 16.6. The van der Waals surface area contributed by atoms with E-state index >= 15 is 0 Å². The van der Waals surface area contributed by atoms with Crippen LogP contribution in [0.2, 0.25) is 0 Å². The molecule has 0 radical (unpaired) electrons. The Labute approximate surface area is 378 Å². The third-order valence-corrected chi connectivity index (χ3v) is 16.6. The minimum Gasteiger partial charge on any atom is -0.462 e. The van der Waals surface area contributed by atoms with Crippen molar-refractivity contribution in [3.05, 3.63) is 36.0 Å². The lowest BCUT2D eigenvalue weighted by atomic mass is 9.47. The Morgan fingerprint density at radius 1 is 0.738 bits per heavy atom. The van der Waals surface area contributed by atoms with Crippen LogP contribution in [0.15, 0.2) is 36.0 Å². The van der Waals surface area contributed by atoms with Gasteiger partial charge in [0, 0.05) is 32.4 Å². The highest BCUT2D eigenvalue weighted by Gasteiger charge is 2.59. The maximum atomic E-state index is 13.3. The molecule has 3 fully saturated rings. The van der Waals surface area contributed by atoms with Gasteiger partial charge in [0.25, 0.3) is 0 Å². The molecule has 4 rings (SSSR count). The summed E-state index contributed by atoms with van der Waals surface area (Å²) in [6.07, 6.45) is 44.4. The zero-order valence-electron chi connectivity index (χ0n) is 41.5. The summed E-state index contributed by atoms with van der Waals surface area (Å²) in [5.41, 5.74) is 2.42. The topological polar surface area (TPSA) is 49.9 Å². The van der Waals surface area contributed by atoms with Crippen LogP contribution in [0.1, 0.15) is 221 Å². The Bertz CT molecular complexity index is 1350. The first kappa shape index (κ1) is 51.8. The summed E-state index contributed by atoms with van der Waals surface area (Å²) in [6.45, 7) is 17.5. The van der Waals surface area contributed by atoms with Crippen molar-refractivity contribution in [3.8, 4) is 0 Å². The molecule has 61 heavy (non-hydrogen) atoms. The van der Waals surface area contributed by atoms with Gasteiger partial charge >= 0.3 is 5.97 Å². The maximum Gasteiger partial charge on any atom is 0.306 e. The molecule has 4 aliphatic carbocycles. The maximum absolute atomic E-state index is 13.3. The van der Waals surface area contributed by atoms with Gasteiger partial charge in [-0.1, -0.05) is 135 Å². The molecule has 4 aliphatic rings. The standard InChI is InChI=1S/C56H98N2O3/c1-9-10-11-12-13-14-15-16-17-18-19-20-21-22-24-31-53(59)58(43-28-41-57(7)8)42-26-23-25-32-54(60)61-48-37-39-55(5)47(44-48)33-34-49-51-36-35-50(46(4)30-27-29-45(2)3)56(51,6)40-38-52(49)55/h13-14,16-17,33,45-46,48-52H,9-12,15,18-32,34-44H2,1-8H3/b14-13+,17-16+. The molecular weight excluding hydrogens is 749 g/mol. The van der Waals surface area contributed by atoms with Gasteiger partial charge in [-0.3, -0.25) is 9.59 Å². The zero-order valence-corrected chi connectivity index (χ0v) is 41.5. The van der Waals surface area contributed by atoms with Crippen molar-refractivity contribution in [2.45, 2.75) is 227 Å². The fourth-order valence-electron chi connectivity index (χ4n) is 12.9. The van der Waals surface area contributed by atoms with Crippen molar-refractivity contribution in [1.29, 1.82) is 0 Å². The Morgan fingerprint density at radius 2 is 1.43 bits per heavy atom. The van der Waals surface area contributed by atoms with Crippen LogP contribution in [0.3, 0.4) is 0 Å². The quantitative estimate of drug-likeness (QED) is 0.0410. The minimum atomic E-state index is -0.0175. The van der Waals surface area contributed by atoms with Crippen molar-refractivity contribution in [1.82, 2.24) is 9.80 Å². The van der Waals surface area contributed by atoms with E-state index in [2.05, 4.69) is 95.8 Å². The Kier molecular flexibility index (Phi) is 23.3. The number of allylic oxidation sites excluding steroid dienone is 5. The fraction of sp³-hybridized carbons (Fsp3) is 0.857. The molecule has 5 nitrogen and oxygen atoms in total. The molecule has 0 saturated heterocycles. The van der Waals surface area contributed by atoms with Gasteiger partial charge in [0.15, 0.2) is 0 Å². The van der Waals surface area contributed by atoms with E-state index in [0.29, 0.717) is 24.2 Å². The Morgan fingerprint density at radius 3 is 2.16 bits per heavy atom. The normalized spacial score (nSPS) is 28.0. The molecule has 8 unspecified atom stereocenters. The number of unbranched alkanes of at least 4 members (excludes halogenated alkanes) is 10. The average Bonchev–Trinajstić information content (AvgIpc) is 3.58. The molecular formula is C56H98N2O3. The van der Waals surface area contributed by atoms with E-state index in [1.165, 1.54) is 103 Å². The first-order chi connectivity index (χ1) is 29.4. The largest absolute Gasteiger partial charge is 0.462 e. The van der Waals surface area contributed by atoms with Gasteiger partial charge in [-0.05, 0) is 170 Å². The molecule has 0 aliphatic heterocycles. The van der Waals surface area contributed by atoms with Crippen LogP contribution >= 0.6 is 0 Å². The highest BCUT2D eigenvalue weighted by molar-refractivity contribution is 5.76. The van der Waals surface area contributed by atoms with Gasteiger partial charge < -0.3 is 14.5 Å². The molecule has 8 atom stereocenters. The molecule has 0 aromatic rings. The van der Waals surface area contributed by atoms with Crippen LogP contribution in [0, 0.1) is 46.3 Å². The molecule has 3 saturated carbocycles. The molecule has 5 heteroatoms. The van der Waals surface area contributed by atoms with E-state index in [-0.39, 0.29) is 17.5 Å². The summed E-state index contributed by atoms with van der Waals surface area (Å²) in [5.74, 6) is 5.39. The second-order valence-corrected chi connectivity index (χ2v) is 22.0. The molecule has 0 aromatic carbocycles. The minimum absolute atomic E-state index is 0.0175. The van der Waals surface area contributed by atoms with Gasteiger partial charge in [-0.25, -0.2) is 0 Å². The first-order valence-electron chi connectivity index (χ1n) is 26.5. The zero-order chi connectivity index (χ0) is 44.1. The second kappa shape index (κ2) is 27.4. The van der Waals surface area contributed by atoms with Crippen LogP contribution in [0.4, 0.5) is 0 Å². The SMILES string of the molecule is CCCCC/C=C/C/C=C/CCCCCCCC(=O)N(CCCCCC(=O)OC1CCC2(C)C(=CCC3C2CCC2(C)C(C(C)CCCC(C)C)CCC32)C1)CCCN(C)C. The summed E-state index contributed by atoms with van der Waals surface area (Å²) in [5, 5.41) is 0. The predicted octanol–water partition coefficient (Wildman–Crippen LogP) is 15.1. The monoisotopic (exact) mass is 847 g/mol. The van der Waals surface area contributed by atoms with Crippen molar-refractivity contribution < 1.29 is 14.3 Å². The van der Waals surface area contributed by atoms with E-state index in [0.717, 1.165) is 119 Å². The van der Waals surface area contributed by atoms with Crippen molar-refractivity contribution in [2.24, 2.45) is 46.3 Å². The number of esters is 1. The number of amides is 1. The fourth-order valence-corrected chi connectivity index (χ4v) is 12.9. The molecule has 0 bridgehead atoms. The molecule has 0 spiro atoms. The number of ether oxygens (including phenoxy) is 1.